The first kappa shape index (κ1) is 20.2. The maximum atomic E-state index is 12.8. The quantitative estimate of drug-likeness (QED) is 0.805. The van der Waals surface area contributed by atoms with Crippen molar-refractivity contribution in [3.63, 3.8) is 0 Å². The van der Waals surface area contributed by atoms with Crippen molar-refractivity contribution in [2.45, 2.75) is 25.3 Å². The predicted molar refractivity (Wildman–Crippen MR) is 114 cm³/mol. The number of rotatable bonds is 4. The van der Waals surface area contributed by atoms with Crippen LogP contribution in [0.2, 0.25) is 0 Å². The van der Waals surface area contributed by atoms with E-state index >= 15 is 0 Å². The number of hydrogen-bond donors (Lipinski definition) is 1. The minimum atomic E-state index is -0.453. The van der Waals surface area contributed by atoms with Gasteiger partial charge in [0.2, 0.25) is 11.8 Å². The van der Waals surface area contributed by atoms with Crippen molar-refractivity contribution in [1.29, 1.82) is 5.26 Å². The zero-order valence-electron chi connectivity index (χ0n) is 16.3. The number of amides is 3. The molecule has 154 valence electrons. The van der Waals surface area contributed by atoms with E-state index in [-0.39, 0.29) is 18.4 Å². The number of piperidine rings is 1. The highest BCUT2D eigenvalue weighted by Crippen LogP contribution is 2.27. The number of carbonyl (C=O) groups is 3. The summed E-state index contributed by atoms with van der Waals surface area (Å²) in [4.78, 5) is 45.0. The van der Waals surface area contributed by atoms with Crippen molar-refractivity contribution in [3.05, 3.63) is 36.0 Å². The lowest BCUT2D eigenvalue weighted by Crippen LogP contribution is -2.42. The molecule has 9 heteroatoms. The summed E-state index contributed by atoms with van der Waals surface area (Å²) in [5.74, 6) is 0.453. The van der Waals surface area contributed by atoms with E-state index in [0.29, 0.717) is 41.1 Å². The van der Waals surface area contributed by atoms with E-state index < -0.39 is 11.9 Å². The summed E-state index contributed by atoms with van der Waals surface area (Å²) >= 11 is 1.52. The van der Waals surface area contributed by atoms with Crippen LogP contribution in [0.15, 0.2) is 30.5 Å². The van der Waals surface area contributed by atoms with Crippen molar-refractivity contribution >= 4 is 46.1 Å². The number of fused-ring (bicyclic) bond motifs is 1. The van der Waals surface area contributed by atoms with Crippen molar-refractivity contribution in [1.82, 2.24) is 15.2 Å². The molecule has 2 fully saturated rings. The number of pyridine rings is 1. The van der Waals surface area contributed by atoms with Gasteiger partial charge in [0, 0.05) is 36.0 Å². The molecule has 2 aromatic rings. The van der Waals surface area contributed by atoms with Gasteiger partial charge in [-0.2, -0.15) is 5.26 Å². The minimum absolute atomic E-state index is 0.0802. The Morgan fingerprint density at radius 3 is 2.97 bits per heavy atom. The molecule has 30 heavy (non-hydrogen) atoms. The first-order valence-electron chi connectivity index (χ1n) is 9.82. The number of hydrogen-bond acceptors (Lipinski definition) is 6. The summed E-state index contributed by atoms with van der Waals surface area (Å²) in [5, 5.41) is 12.4. The molecular formula is C21H21N5O3S. The minimum Gasteiger partial charge on any atom is -0.343 e. The average molecular weight is 423 g/mol. The highest BCUT2D eigenvalue weighted by molar-refractivity contribution is 7.99. The monoisotopic (exact) mass is 423 g/mol. The molecule has 4 rings (SSSR count). The van der Waals surface area contributed by atoms with Gasteiger partial charge in [0.1, 0.15) is 6.04 Å². The van der Waals surface area contributed by atoms with Crippen molar-refractivity contribution in [2.75, 3.05) is 29.6 Å². The lowest BCUT2D eigenvalue weighted by Gasteiger charge is -2.27. The summed E-state index contributed by atoms with van der Waals surface area (Å²) in [7, 11) is 0. The molecule has 2 aliphatic rings. The number of nitrogens with zero attached hydrogens (tertiary/aromatic N) is 4. The third-order valence-corrected chi connectivity index (χ3v) is 6.37. The van der Waals surface area contributed by atoms with Crippen molar-refractivity contribution in [3.8, 4) is 6.07 Å². The normalized spacial score (nSPS) is 19.0. The predicted octanol–water partition coefficient (Wildman–Crippen LogP) is 1.91. The lowest BCUT2D eigenvalue weighted by molar-refractivity contribution is -0.129. The summed E-state index contributed by atoms with van der Waals surface area (Å²) in [6, 6.07) is 8.72. The van der Waals surface area contributed by atoms with E-state index in [1.807, 2.05) is 12.1 Å². The smallest absolute Gasteiger partial charge is 0.252 e. The van der Waals surface area contributed by atoms with E-state index in [2.05, 4.69) is 16.4 Å². The second-order valence-corrected chi connectivity index (χ2v) is 8.25. The SMILES string of the molecule is N#C[C@@H]1CSCN1C(=O)CNC(=O)c1ccnc2ccc(N3CCCCC3=O)cc12. The van der Waals surface area contributed by atoms with Crippen molar-refractivity contribution < 1.29 is 14.4 Å². The van der Waals surface area contributed by atoms with Gasteiger partial charge in [0.25, 0.3) is 5.91 Å². The standard InChI is InChI=1S/C21H21N5O3S/c22-10-15-12-30-13-26(15)20(28)11-24-21(29)16-6-7-23-18-5-4-14(9-17(16)18)25-8-2-1-3-19(25)27/h4-7,9,15H,1-3,8,11-13H2,(H,24,29)/t15-/m1/s1. The van der Waals surface area contributed by atoms with Gasteiger partial charge in [0.05, 0.1) is 29.6 Å². The second-order valence-electron chi connectivity index (χ2n) is 7.25. The van der Waals surface area contributed by atoms with Crippen LogP contribution in [0, 0.1) is 11.3 Å². The van der Waals surface area contributed by atoms with Crippen LogP contribution in [0.5, 0.6) is 0 Å². The van der Waals surface area contributed by atoms with E-state index in [4.69, 9.17) is 5.26 Å². The van der Waals surface area contributed by atoms with Crippen LogP contribution in [0.25, 0.3) is 10.9 Å². The van der Waals surface area contributed by atoms with Gasteiger partial charge in [0.15, 0.2) is 0 Å². The van der Waals surface area contributed by atoms with Gasteiger partial charge < -0.3 is 15.1 Å². The largest absolute Gasteiger partial charge is 0.343 e. The number of thioether (sulfide) groups is 1. The average Bonchev–Trinajstić information content (AvgIpc) is 3.26. The Bertz CT molecular complexity index is 1050. The lowest BCUT2D eigenvalue weighted by atomic mass is 10.1. The van der Waals surface area contributed by atoms with Crippen LogP contribution in [0.1, 0.15) is 29.6 Å². The molecule has 3 heterocycles. The van der Waals surface area contributed by atoms with Crippen LogP contribution in [0.4, 0.5) is 5.69 Å². The number of carbonyl (C=O) groups excluding carboxylic acids is 3. The van der Waals surface area contributed by atoms with E-state index in [1.165, 1.54) is 16.7 Å². The molecule has 0 aliphatic carbocycles. The maximum absolute atomic E-state index is 12.8. The first-order chi connectivity index (χ1) is 14.6. The van der Waals surface area contributed by atoms with E-state index in [9.17, 15) is 14.4 Å². The molecule has 1 atom stereocenters. The van der Waals surface area contributed by atoms with Crippen LogP contribution in [-0.4, -0.2) is 58.4 Å². The zero-order chi connectivity index (χ0) is 21.1. The number of aromatic nitrogens is 1. The van der Waals surface area contributed by atoms with Crippen LogP contribution >= 0.6 is 11.8 Å². The molecule has 2 aliphatic heterocycles. The molecular weight excluding hydrogens is 402 g/mol. The molecule has 0 saturated carbocycles. The molecule has 0 radical (unpaired) electrons. The number of benzene rings is 1. The Labute approximate surface area is 178 Å². The van der Waals surface area contributed by atoms with Crippen LogP contribution < -0.4 is 10.2 Å². The highest BCUT2D eigenvalue weighted by Gasteiger charge is 2.29. The topological polar surface area (TPSA) is 106 Å². The second kappa shape index (κ2) is 8.71. The fourth-order valence-corrected chi connectivity index (χ4v) is 4.83. The van der Waals surface area contributed by atoms with Gasteiger partial charge >= 0.3 is 0 Å². The van der Waals surface area contributed by atoms with Crippen LogP contribution in [-0.2, 0) is 9.59 Å². The molecule has 0 bridgehead atoms. The van der Waals surface area contributed by atoms with Crippen molar-refractivity contribution in [2.24, 2.45) is 0 Å². The summed E-state index contributed by atoms with van der Waals surface area (Å²) in [5.41, 5.74) is 1.78. The summed E-state index contributed by atoms with van der Waals surface area (Å²) in [6.07, 6.45) is 3.92. The molecule has 2 saturated heterocycles. The molecule has 0 spiro atoms. The number of nitrogens with one attached hydrogen (secondary N) is 1. The fraction of sp³-hybridized carbons (Fsp3) is 0.381. The Kier molecular flexibility index (Phi) is 5.86. The van der Waals surface area contributed by atoms with Gasteiger partial charge in [-0.05, 0) is 37.1 Å². The Morgan fingerprint density at radius 1 is 1.30 bits per heavy atom. The third kappa shape index (κ3) is 3.96. The Balaban J connectivity index is 1.53. The molecule has 3 amide bonds. The zero-order valence-corrected chi connectivity index (χ0v) is 17.2. The van der Waals surface area contributed by atoms with Gasteiger partial charge in [-0.1, -0.05) is 0 Å². The van der Waals surface area contributed by atoms with Gasteiger partial charge in [-0.3, -0.25) is 19.4 Å². The molecule has 1 aromatic carbocycles. The first-order valence-corrected chi connectivity index (χ1v) is 11.0. The van der Waals surface area contributed by atoms with E-state index in [0.717, 1.165) is 18.5 Å². The molecule has 1 aromatic heterocycles. The van der Waals surface area contributed by atoms with Gasteiger partial charge in [-0.15, -0.1) is 11.8 Å². The molecule has 0 unspecified atom stereocenters. The molecule has 8 nitrogen and oxygen atoms in total. The number of anilines is 1. The molecule has 1 N–H and O–H groups in total. The summed E-state index contributed by atoms with van der Waals surface area (Å²) < 4.78 is 0. The fourth-order valence-electron chi connectivity index (χ4n) is 3.73. The summed E-state index contributed by atoms with van der Waals surface area (Å²) in [6.45, 7) is 0.486. The highest BCUT2D eigenvalue weighted by atomic mass is 32.2. The van der Waals surface area contributed by atoms with Crippen LogP contribution in [0.3, 0.4) is 0 Å². The van der Waals surface area contributed by atoms with E-state index in [1.54, 1.807) is 23.2 Å². The Hall–Kier alpha value is -3.12. The maximum Gasteiger partial charge on any atom is 0.252 e. The Morgan fingerprint density at radius 2 is 2.17 bits per heavy atom. The van der Waals surface area contributed by atoms with Gasteiger partial charge in [-0.25, -0.2) is 0 Å². The number of nitriles is 1. The third-order valence-electron chi connectivity index (χ3n) is 5.36.